The molecule has 2 aromatic carbocycles. The third kappa shape index (κ3) is 8.61. The van der Waals surface area contributed by atoms with Crippen LogP contribution < -0.4 is 16.8 Å². The highest BCUT2D eigenvalue weighted by atomic mass is 14.9. The van der Waals surface area contributed by atoms with E-state index in [1.165, 1.54) is 24.0 Å². The van der Waals surface area contributed by atoms with Crippen LogP contribution in [0.5, 0.6) is 0 Å². The number of benzene rings is 2. The predicted octanol–water partition coefficient (Wildman–Crippen LogP) is 3.52. The lowest BCUT2D eigenvalue weighted by atomic mass is 9.93. The van der Waals surface area contributed by atoms with Gasteiger partial charge in [0.1, 0.15) is 0 Å². The molecule has 2 rings (SSSR count). The summed E-state index contributed by atoms with van der Waals surface area (Å²) in [6.45, 7) is 2.65. The van der Waals surface area contributed by atoms with Crippen molar-refractivity contribution in [1.82, 2.24) is 5.32 Å². The second-order valence-electron chi connectivity index (χ2n) is 7.26. The molecule has 0 heterocycles. The number of nitrogens with one attached hydrogen (secondary N) is 1. The topological polar surface area (TPSA) is 64.1 Å². The molecule has 5 N–H and O–H groups in total. The first-order valence-electron chi connectivity index (χ1n) is 10.0. The molecule has 0 saturated carbocycles. The molecule has 0 fully saturated rings. The molecule has 0 bridgehead atoms. The van der Waals surface area contributed by atoms with E-state index in [1.54, 1.807) is 0 Å². The van der Waals surface area contributed by atoms with Crippen LogP contribution in [0.15, 0.2) is 60.7 Å². The molecule has 3 nitrogen and oxygen atoms in total. The van der Waals surface area contributed by atoms with Crippen molar-refractivity contribution in [2.75, 3.05) is 19.6 Å². The van der Waals surface area contributed by atoms with Gasteiger partial charge in [0.2, 0.25) is 0 Å². The van der Waals surface area contributed by atoms with Crippen LogP contribution in [0.4, 0.5) is 0 Å². The Morgan fingerprint density at radius 1 is 0.731 bits per heavy atom. The monoisotopic (exact) mass is 353 g/mol. The minimum Gasteiger partial charge on any atom is -0.330 e. The van der Waals surface area contributed by atoms with Crippen LogP contribution in [0.3, 0.4) is 0 Å². The molecule has 142 valence electrons. The molecular weight excluding hydrogens is 318 g/mol. The summed E-state index contributed by atoms with van der Waals surface area (Å²) in [4.78, 5) is 0. The molecule has 0 aliphatic carbocycles. The Labute approximate surface area is 159 Å². The number of rotatable bonds is 13. The smallest absolute Gasteiger partial charge is 0.0165 e. The fourth-order valence-corrected chi connectivity index (χ4v) is 3.33. The van der Waals surface area contributed by atoms with Crippen LogP contribution in [0.2, 0.25) is 0 Å². The van der Waals surface area contributed by atoms with Crippen LogP contribution in [0.25, 0.3) is 0 Å². The quantitative estimate of drug-likeness (QED) is 0.516. The second-order valence-corrected chi connectivity index (χ2v) is 7.26. The van der Waals surface area contributed by atoms with Crippen molar-refractivity contribution in [3.63, 3.8) is 0 Å². The maximum atomic E-state index is 6.16. The highest BCUT2D eigenvalue weighted by Crippen LogP contribution is 2.16. The minimum absolute atomic E-state index is 0.211. The zero-order valence-electron chi connectivity index (χ0n) is 15.9. The predicted molar refractivity (Wildman–Crippen MR) is 112 cm³/mol. The van der Waals surface area contributed by atoms with Gasteiger partial charge in [-0.25, -0.2) is 0 Å². The maximum Gasteiger partial charge on any atom is 0.0165 e. The molecule has 2 aromatic rings. The van der Waals surface area contributed by atoms with E-state index in [-0.39, 0.29) is 6.04 Å². The van der Waals surface area contributed by atoms with Gasteiger partial charge in [0.15, 0.2) is 0 Å². The summed E-state index contributed by atoms with van der Waals surface area (Å²) >= 11 is 0. The number of hydrogen-bond donors (Lipinski definition) is 3. The lowest BCUT2D eigenvalue weighted by Crippen LogP contribution is -2.36. The van der Waals surface area contributed by atoms with Crippen molar-refractivity contribution in [2.24, 2.45) is 17.4 Å². The molecule has 0 amide bonds. The van der Waals surface area contributed by atoms with E-state index in [1.807, 2.05) is 0 Å². The van der Waals surface area contributed by atoms with Crippen LogP contribution in [-0.2, 0) is 12.8 Å². The Bertz CT molecular complexity index is 527. The van der Waals surface area contributed by atoms with Gasteiger partial charge in [0.25, 0.3) is 0 Å². The lowest BCUT2D eigenvalue weighted by Gasteiger charge is -2.20. The van der Waals surface area contributed by atoms with E-state index in [2.05, 4.69) is 66.0 Å². The molecule has 0 saturated heterocycles. The third-order valence-corrected chi connectivity index (χ3v) is 4.99. The van der Waals surface area contributed by atoms with Crippen molar-refractivity contribution in [2.45, 2.75) is 44.6 Å². The Morgan fingerprint density at radius 3 is 1.77 bits per heavy atom. The van der Waals surface area contributed by atoms with E-state index in [0.717, 1.165) is 45.3 Å². The molecular formula is C23H35N3. The Balaban J connectivity index is 1.79. The van der Waals surface area contributed by atoms with Crippen molar-refractivity contribution in [3.05, 3.63) is 71.8 Å². The van der Waals surface area contributed by atoms with Gasteiger partial charge in [-0.2, -0.15) is 0 Å². The Hall–Kier alpha value is -1.68. The molecule has 0 radical (unpaired) electrons. The van der Waals surface area contributed by atoms with Gasteiger partial charge in [-0.3, -0.25) is 0 Å². The molecule has 1 atom stereocenters. The first kappa shape index (κ1) is 20.6. The maximum absolute atomic E-state index is 6.16. The highest BCUT2D eigenvalue weighted by molar-refractivity contribution is 5.16. The lowest BCUT2D eigenvalue weighted by molar-refractivity contribution is 0.405. The average Bonchev–Trinajstić information content (AvgIpc) is 2.69. The first-order valence-corrected chi connectivity index (χ1v) is 10.0. The SMILES string of the molecule is NCCC[C@H](N)CNCC(CCc1ccccc1)CCc1ccccc1. The zero-order valence-corrected chi connectivity index (χ0v) is 15.9. The van der Waals surface area contributed by atoms with Gasteiger partial charge in [-0.1, -0.05) is 60.7 Å². The molecule has 3 heteroatoms. The molecule has 26 heavy (non-hydrogen) atoms. The molecule has 0 aliphatic rings. The van der Waals surface area contributed by atoms with Gasteiger partial charge in [0, 0.05) is 12.6 Å². The summed E-state index contributed by atoms with van der Waals surface area (Å²) in [7, 11) is 0. The average molecular weight is 354 g/mol. The van der Waals surface area contributed by atoms with Crippen molar-refractivity contribution in [1.29, 1.82) is 0 Å². The van der Waals surface area contributed by atoms with Crippen molar-refractivity contribution >= 4 is 0 Å². The number of aryl methyl sites for hydroxylation is 2. The summed E-state index contributed by atoms with van der Waals surface area (Å²) in [6, 6.07) is 21.8. The van der Waals surface area contributed by atoms with E-state index >= 15 is 0 Å². The summed E-state index contributed by atoms with van der Waals surface area (Å²) in [6.07, 6.45) is 6.71. The standard InChI is InChI=1S/C23H35N3/c24-17-7-12-23(25)19-26-18-22(15-13-20-8-3-1-4-9-20)16-14-21-10-5-2-6-11-21/h1-6,8-11,22-23,26H,7,12-19,24-25H2/t23-/m0/s1. The summed E-state index contributed by atoms with van der Waals surface area (Å²) < 4.78 is 0. The summed E-state index contributed by atoms with van der Waals surface area (Å²) in [5, 5.41) is 3.60. The van der Waals surface area contributed by atoms with Gasteiger partial charge in [-0.15, -0.1) is 0 Å². The molecule has 0 aromatic heterocycles. The van der Waals surface area contributed by atoms with Crippen molar-refractivity contribution < 1.29 is 0 Å². The van der Waals surface area contributed by atoms with E-state index < -0.39 is 0 Å². The van der Waals surface area contributed by atoms with Crippen LogP contribution in [-0.4, -0.2) is 25.7 Å². The zero-order chi connectivity index (χ0) is 18.5. The van der Waals surface area contributed by atoms with Gasteiger partial charge in [0.05, 0.1) is 0 Å². The Kier molecular flexibility index (Phi) is 10.0. The van der Waals surface area contributed by atoms with E-state index in [9.17, 15) is 0 Å². The van der Waals surface area contributed by atoms with Gasteiger partial charge < -0.3 is 16.8 Å². The normalized spacial score (nSPS) is 12.4. The van der Waals surface area contributed by atoms with E-state index in [0.29, 0.717) is 5.92 Å². The number of nitrogens with two attached hydrogens (primary N) is 2. The van der Waals surface area contributed by atoms with Crippen LogP contribution in [0, 0.1) is 5.92 Å². The molecule has 0 spiro atoms. The van der Waals surface area contributed by atoms with Gasteiger partial charge in [-0.05, 0) is 68.7 Å². The number of hydrogen-bond acceptors (Lipinski definition) is 3. The highest BCUT2D eigenvalue weighted by Gasteiger charge is 2.11. The molecule has 0 unspecified atom stereocenters. The van der Waals surface area contributed by atoms with Crippen LogP contribution >= 0.6 is 0 Å². The van der Waals surface area contributed by atoms with Crippen LogP contribution in [0.1, 0.15) is 36.8 Å². The molecule has 0 aliphatic heterocycles. The third-order valence-electron chi connectivity index (χ3n) is 4.99. The van der Waals surface area contributed by atoms with E-state index in [4.69, 9.17) is 11.5 Å². The second kappa shape index (κ2) is 12.6. The summed E-state index contributed by atoms with van der Waals surface area (Å²) in [5.74, 6) is 0.664. The minimum atomic E-state index is 0.211. The van der Waals surface area contributed by atoms with Crippen molar-refractivity contribution in [3.8, 4) is 0 Å². The summed E-state index contributed by atoms with van der Waals surface area (Å²) in [5.41, 5.74) is 14.6. The fraction of sp³-hybridized carbons (Fsp3) is 0.478. The fourth-order valence-electron chi connectivity index (χ4n) is 3.33. The van der Waals surface area contributed by atoms with Gasteiger partial charge >= 0.3 is 0 Å². The Morgan fingerprint density at radius 2 is 1.27 bits per heavy atom. The largest absolute Gasteiger partial charge is 0.330 e. The first-order chi connectivity index (χ1) is 12.8.